The van der Waals surface area contributed by atoms with Crippen molar-refractivity contribution in [3.63, 3.8) is 0 Å². The van der Waals surface area contributed by atoms with Gasteiger partial charge in [-0.3, -0.25) is 0 Å². The van der Waals surface area contributed by atoms with Crippen molar-refractivity contribution in [3.05, 3.63) is 15.8 Å². The highest BCUT2D eigenvalue weighted by molar-refractivity contribution is 7.89. The fraction of sp³-hybridized carbons (Fsp3) is 0.667. The Morgan fingerprint density at radius 1 is 1.39 bits per heavy atom. The Bertz CT molecular complexity index is 526. The Hall–Kier alpha value is -0.430. The van der Waals surface area contributed by atoms with Crippen molar-refractivity contribution in [1.82, 2.24) is 4.31 Å². The second-order valence-corrected chi connectivity index (χ2v) is 8.57. The summed E-state index contributed by atoms with van der Waals surface area (Å²) in [7, 11) is -3.37. The largest absolute Gasteiger partial charge is 0.326 e. The van der Waals surface area contributed by atoms with Crippen LogP contribution in [-0.2, 0) is 10.0 Å². The van der Waals surface area contributed by atoms with Gasteiger partial charge in [0.25, 0.3) is 0 Å². The van der Waals surface area contributed by atoms with Gasteiger partial charge in [0.1, 0.15) is 0 Å². The number of sulfonamides is 1. The summed E-state index contributed by atoms with van der Waals surface area (Å²) in [6.45, 7) is 6.84. The molecule has 2 atom stereocenters. The molecule has 0 bridgehead atoms. The molecule has 0 saturated carbocycles. The molecule has 0 amide bonds. The van der Waals surface area contributed by atoms with E-state index in [4.69, 9.17) is 5.73 Å². The van der Waals surface area contributed by atoms with Crippen LogP contribution in [0.2, 0.25) is 0 Å². The predicted octanol–water partition coefficient (Wildman–Crippen LogP) is 1.72. The number of piperidine rings is 1. The van der Waals surface area contributed by atoms with Crippen LogP contribution < -0.4 is 5.73 Å². The Kier molecular flexibility index (Phi) is 3.82. The molecule has 1 aliphatic heterocycles. The van der Waals surface area contributed by atoms with Crippen LogP contribution in [0.3, 0.4) is 0 Å². The average molecular weight is 288 g/mol. The third kappa shape index (κ3) is 2.61. The molecule has 1 saturated heterocycles. The zero-order valence-electron chi connectivity index (χ0n) is 11.0. The molecule has 1 fully saturated rings. The summed E-state index contributed by atoms with van der Waals surface area (Å²) in [5.74, 6) is 0.323. The summed E-state index contributed by atoms with van der Waals surface area (Å²) in [6.07, 6.45) is 0.896. The van der Waals surface area contributed by atoms with Gasteiger partial charge in [0.15, 0.2) is 0 Å². The molecule has 4 nitrogen and oxygen atoms in total. The van der Waals surface area contributed by atoms with Gasteiger partial charge in [-0.15, -0.1) is 11.3 Å². The quantitative estimate of drug-likeness (QED) is 0.901. The Morgan fingerprint density at radius 2 is 2.06 bits per heavy atom. The van der Waals surface area contributed by atoms with Crippen LogP contribution >= 0.6 is 11.3 Å². The smallest absolute Gasteiger partial charge is 0.244 e. The molecule has 0 aliphatic carbocycles. The molecule has 0 spiro atoms. The lowest BCUT2D eigenvalue weighted by Crippen LogP contribution is -2.48. The van der Waals surface area contributed by atoms with Crippen molar-refractivity contribution in [2.75, 3.05) is 13.1 Å². The van der Waals surface area contributed by atoms with Crippen LogP contribution in [0.4, 0.5) is 0 Å². The van der Waals surface area contributed by atoms with Crippen molar-refractivity contribution in [3.8, 4) is 0 Å². The third-order valence-electron chi connectivity index (χ3n) is 3.27. The van der Waals surface area contributed by atoms with Crippen LogP contribution in [0, 0.1) is 19.8 Å². The van der Waals surface area contributed by atoms with Crippen LogP contribution in [0.1, 0.15) is 23.1 Å². The Balaban J connectivity index is 2.34. The summed E-state index contributed by atoms with van der Waals surface area (Å²) in [6, 6.07) is 1.71. The third-order valence-corrected chi connectivity index (χ3v) is 6.32. The second kappa shape index (κ2) is 4.92. The molecular weight excluding hydrogens is 268 g/mol. The average Bonchev–Trinajstić information content (AvgIpc) is 2.57. The highest BCUT2D eigenvalue weighted by atomic mass is 32.2. The van der Waals surface area contributed by atoms with E-state index in [1.165, 1.54) is 11.3 Å². The van der Waals surface area contributed by atoms with Gasteiger partial charge in [0.05, 0.1) is 4.90 Å². The first-order valence-electron chi connectivity index (χ1n) is 6.13. The molecule has 0 aromatic carbocycles. The zero-order chi connectivity index (χ0) is 13.5. The van der Waals surface area contributed by atoms with Gasteiger partial charge >= 0.3 is 0 Å². The molecule has 2 N–H and O–H groups in total. The van der Waals surface area contributed by atoms with E-state index < -0.39 is 10.0 Å². The van der Waals surface area contributed by atoms with Crippen molar-refractivity contribution in [2.45, 2.75) is 38.1 Å². The maximum absolute atomic E-state index is 12.6. The summed E-state index contributed by atoms with van der Waals surface area (Å²) in [4.78, 5) is 2.34. The summed E-state index contributed by atoms with van der Waals surface area (Å²) in [5.41, 5.74) is 5.93. The summed E-state index contributed by atoms with van der Waals surface area (Å²) >= 11 is 1.52. The van der Waals surface area contributed by atoms with Crippen molar-refractivity contribution < 1.29 is 8.42 Å². The van der Waals surface area contributed by atoms with Gasteiger partial charge in [-0.2, -0.15) is 4.31 Å². The molecule has 1 aliphatic rings. The van der Waals surface area contributed by atoms with Crippen molar-refractivity contribution in [1.29, 1.82) is 0 Å². The molecule has 2 unspecified atom stereocenters. The van der Waals surface area contributed by atoms with E-state index in [-0.39, 0.29) is 6.04 Å². The minimum atomic E-state index is -3.37. The normalized spacial score (nSPS) is 26.4. The first-order chi connectivity index (χ1) is 8.30. The van der Waals surface area contributed by atoms with Crippen LogP contribution in [0.5, 0.6) is 0 Å². The number of rotatable bonds is 2. The van der Waals surface area contributed by atoms with Crippen LogP contribution in [0.25, 0.3) is 0 Å². The lowest BCUT2D eigenvalue weighted by Gasteiger charge is -2.33. The molecule has 102 valence electrons. The molecule has 18 heavy (non-hydrogen) atoms. The first-order valence-corrected chi connectivity index (χ1v) is 8.39. The van der Waals surface area contributed by atoms with Crippen LogP contribution in [-0.4, -0.2) is 31.9 Å². The number of hydrogen-bond donors (Lipinski definition) is 1. The lowest BCUT2D eigenvalue weighted by molar-refractivity contribution is 0.254. The lowest BCUT2D eigenvalue weighted by atomic mass is 9.99. The first kappa shape index (κ1) is 14.0. The van der Waals surface area contributed by atoms with E-state index in [0.717, 1.165) is 16.2 Å². The topological polar surface area (TPSA) is 63.4 Å². The Labute approximate surface area is 113 Å². The molecular formula is C12H20N2O2S2. The maximum Gasteiger partial charge on any atom is 0.244 e. The highest BCUT2D eigenvalue weighted by Gasteiger charge is 2.33. The van der Waals surface area contributed by atoms with E-state index in [9.17, 15) is 8.42 Å². The van der Waals surface area contributed by atoms with Crippen molar-refractivity contribution in [2.24, 2.45) is 11.7 Å². The SMILES string of the molecule is Cc1cc(S(=O)(=O)N2CC(C)CC(N)C2)c(C)s1. The van der Waals surface area contributed by atoms with Gasteiger partial charge in [-0.25, -0.2) is 8.42 Å². The van der Waals surface area contributed by atoms with Crippen LogP contribution in [0.15, 0.2) is 11.0 Å². The van der Waals surface area contributed by atoms with Gasteiger partial charge in [-0.1, -0.05) is 6.92 Å². The van der Waals surface area contributed by atoms with Gasteiger partial charge in [0, 0.05) is 28.9 Å². The van der Waals surface area contributed by atoms with E-state index in [1.54, 1.807) is 10.4 Å². The summed E-state index contributed by atoms with van der Waals surface area (Å²) < 4.78 is 26.7. The van der Waals surface area contributed by atoms with E-state index in [1.807, 2.05) is 20.8 Å². The molecule has 2 heterocycles. The minimum Gasteiger partial charge on any atom is -0.326 e. The minimum absolute atomic E-state index is 0.0523. The monoisotopic (exact) mass is 288 g/mol. The number of nitrogens with two attached hydrogens (primary N) is 1. The number of nitrogens with zero attached hydrogens (tertiary/aromatic N) is 1. The molecule has 0 radical (unpaired) electrons. The standard InChI is InChI=1S/C12H20N2O2S2/c1-8-4-11(13)7-14(6-8)18(15,16)12-5-9(2)17-10(12)3/h5,8,11H,4,6-7,13H2,1-3H3. The molecule has 1 aromatic heterocycles. The molecule has 6 heteroatoms. The van der Waals surface area contributed by atoms with Gasteiger partial charge < -0.3 is 5.73 Å². The van der Waals surface area contributed by atoms with E-state index in [0.29, 0.717) is 23.9 Å². The zero-order valence-corrected chi connectivity index (χ0v) is 12.6. The second-order valence-electron chi connectivity index (χ2n) is 5.20. The number of hydrogen-bond acceptors (Lipinski definition) is 4. The molecule has 1 aromatic rings. The highest BCUT2D eigenvalue weighted by Crippen LogP contribution is 2.29. The fourth-order valence-corrected chi connectivity index (χ4v) is 5.69. The summed E-state index contributed by atoms with van der Waals surface area (Å²) in [5, 5.41) is 0. The number of aryl methyl sites for hydroxylation is 2. The predicted molar refractivity (Wildman–Crippen MR) is 74.3 cm³/mol. The number of thiophene rings is 1. The van der Waals surface area contributed by atoms with Crippen molar-refractivity contribution >= 4 is 21.4 Å². The maximum atomic E-state index is 12.6. The fourth-order valence-electron chi connectivity index (χ4n) is 2.55. The van der Waals surface area contributed by atoms with Gasteiger partial charge in [-0.05, 0) is 32.3 Å². The van der Waals surface area contributed by atoms with E-state index in [2.05, 4.69) is 0 Å². The molecule has 2 rings (SSSR count). The van der Waals surface area contributed by atoms with Gasteiger partial charge in [0.2, 0.25) is 10.0 Å². The van der Waals surface area contributed by atoms with E-state index >= 15 is 0 Å². The Morgan fingerprint density at radius 3 is 2.56 bits per heavy atom.